The Bertz CT molecular complexity index is 584. The second-order valence-corrected chi connectivity index (χ2v) is 5.55. The zero-order valence-corrected chi connectivity index (χ0v) is 13.1. The lowest BCUT2D eigenvalue weighted by Crippen LogP contribution is -2.22. The Hall–Kier alpha value is -1.68. The Morgan fingerprint density at radius 2 is 1.95 bits per heavy atom. The largest absolute Gasteiger partial charge is 0.310 e. The van der Waals surface area contributed by atoms with Crippen molar-refractivity contribution in [3.8, 4) is 5.82 Å². The number of hydrogen-bond donors (Lipinski definition) is 1. The minimum Gasteiger partial charge on any atom is -0.310 e. The van der Waals surface area contributed by atoms with E-state index in [0.717, 1.165) is 35.9 Å². The topological polar surface area (TPSA) is 42.7 Å². The fourth-order valence-corrected chi connectivity index (χ4v) is 2.21. The summed E-state index contributed by atoms with van der Waals surface area (Å²) < 4.78 is 1.92. The Balaban J connectivity index is 2.37. The van der Waals surface area contributed by atoms with E-state index in [2.05, 4.69) is 56.3 Å². The number of nitrogens with zero attached hydrogens (tertiary/aromatic N) is 3. The van der Waals surface area contributed by atoms with Gasteiger partial charge in [-0.2, -0.15) is 5.10 Å². The molecule has 0 saturated heterocycles. The average molecular weight is 272 g/mol. The van der Waals surface area contributed by atoms with Crippen molar-refractivity contribution in [2.45, 2.75) is 53.6 Å². The van der Waals surface area contributed by atoms with Gasteiger partial charge in [0.15, 0.2) is 5.82 Å². The molecule has 2 rings (SSSR count). The van der Waals surface area contributed by atoms with Crippen LogP contribution in [-0.2, 0) is 13.0 Å². The van der Waals surface area contributed by atoms with Crippen LogP contribution in [-0.4, -0.2) is 20.8 Å². The highest BCUT2D eigenvalue weighted by atomic mass is 15.3. The lowest BCUT2D eigenvalue weighted by atomic mass is 10.2. The lowest BCUT2D eigenvalue weighted by Gasteiger charge is -2.12. The molecule has 108 valence electrons. The van der Waals surface area contributed by atoms with Gasteiger partial charge in [-0.3, -0.25) is 0 Å². The summed E-state index contributed by atoms with van der Waals surface area (Å²) in [4.78, 5) is 4.70. The van der Waals surface area contributed by atoms with Crippen molar-refractivity contribution in [3.05, 3.63) is 40.8 Å². The van der Waals surface area contributed by atoms with E-state index in [9.17, 15) is 0 Å². The van der Waals surface area contributed by atoms with Crippen molar-refractivity contribution in [1.82, 2.24) is 20.1 Å². The van der Waals surface area contributed by atoms with Gasteiger partial charge in [0.2, 0.25) is 0 Å². The number of hydrogen-bond acceptors (Lipinski definition) is 3. The minimum absolute atomic E-state index is 0.477. The van der Waals surface area contributed by atoms with Gasteiger partial charge in [-0.1, -0.05) is 20.8 Å². The van der Waals surface area contributed by atoms with E-state index < -0.39 is 0 Å². The Morgan fingerprint density at radius 1 is 1.20 bits per heavy atom. The van der Waals surface area contributed by atoms with Gasteiger partial charge in [0.05, 0.1) is 5.69 Å². The van der Waals surface area contributed by atoms with Crippen LogP contribution in [0.3, 0.4) is 0 Å². The van der Waals surface area contributed by atoms with Crippen molar-refractivity contribution in [3.63, 3.8) is 0 Å². The van der Waals surface area contributed by atoms with Crippen molar-refractivity contribution in [2.75, 3.05) is 0 Å². The second kappa shape index (κ2) is 6.18. The minimum atomic E-state index is 0.477. The maximum absolute atomic E-state index is 4.70. The maximum atomic E-state index is 4.70. The summed E-state index contributed by atoms with van der Waals surface area (Å²) in [7, 11) is 0. The molecule has 0 saturated carbocycles. The molecule has 4 nitrogen and oxygen atoms in total. The fourth-order valence-electron chi connectivity index (χ4n) is 2.21. The maximum Gasteiger partial charge on any atom is 0.154 e. The van der Waals surface area contributed by atoms with Crippen LogP contribution in [0, 0.1) is 13.8 Å². The van der Waals surface area contributed by atoms with Crippen molar-refractivity contribution >= 4 is 0 Å². The number of aromatic nitrogens is 3. The standard InChI is InChI=1S/C16H24N4/c1-6-15-8-14(10-17-11(2)3)9-16(18-15)20-13(5)7-12(4)19-20/h7-9,11,17H,6,10H2,1-5H3. The number of pyridine rings is 1. The molecule has 2 aromatic heterocycles. The molecule has 4 heteroatoms. The molecular weight excluding hydrogens is 248 g/mol. The number of nitrogens with one attached hydrogen (secondary N) is 1. The van der Waals surface area contributed by atoms with Gasteiger partial charge in [0.1, 0.15) is 0 Å². The molecule has 0 spiro atoms. The summed E-state index contributed by atoms with van der Waals surface area (Å²) in [5, 5.41) is 7.98. The third kappa shape index (κ3) is 3.45. The van der Waals surface area contributed by atoms with Crippen molar-refractivity contribution < 1.29 is 0 Å². The van der Waals surface area contributed by atoms with Gasteiger partial charge in [0.25, 0.3) is 0 Å². The van der Waals surface area contributed by atoms with Crippen molar-refractivity contribution in [1.29, 1.82) is 0 Å². The molecule has 0 radical (unpaired) electrons. The highest BCUT2D eigenvalue weighted by Gasteiger charge is 2.08. The van der Waals surface area contributed by atoms with Gasteiger partial charge in [0, 0.05) is 24.0 Å². The first-order chi connectivity index (χ1) is 9.49. The summed E-state index contributed by atoms with van der Waals surface area (Å²) in [6.07, 6.45) is 0.932. The van der Waals surface area contributed by atoms with Crippen LogP contribution in [0.1, 0.15) is 43.4 Å². The van der Waals surface area contributed by atoms with Crippen molar-refractivity contribution in [2.24, 2.45) is 0 Å². The Kier molecular flexibility index (Phi) is 4.55. The fraction of sp³-hybridized carbons (Fsp3) is 0.500. The summed E-state index contributed by atoms with van der Waals surface area (Å²) >= 11 is 0. The molecule has 1 N–H and O–H groups in total. The van der Waals surface area contributed by atoms with E-state index >= 15 is 0 Å². The molecule has 0 unspecified atom stereocenters. The molecular formula is C16H24N4. The van der Waals surface area contributed by atoms with Gasteiger partial charge >= 0.3 is 0 Å². The molecule has 0 aliphatic heterocycles. The SMILES string of the molecule is CCc1cc(CNC(C)C)cc(-n2nc(C)cc2C)n1. The van der Waals surface area contributed by atoms with Crippen LogP contribution in [0.2, 0.25) is 0 Å². The average Bonchev–Trinajstić information content (AvgIpc) is 2.75. The Morgan fingerprint density at radius 3 is 2.50 bits per heavy atom. The molecule has 2 heterocycles. The van der Waals surface area contributed by atoms with Crippen LogP contribution in [0.25, 0.3) is 5.82 Å². The molecule has 0 atom stereocenters. The van der Waals surface area contributed by atoms with E-state index in [1.54, 1.807) is 0 Å². The number of aryl methyl sites for hydroxylation is 3. The highest BCUT2D eigenvalue weighted by molar-refractivity contribution is 5.32. The normalized spacial score (nSPS) is 11.3. The van der Waals surface area contributed by atoms with Gasteiger partial charge < -0.3 is 5.32 Å². The monoisotopic (exact) mass is 272 g/mol. The van der Waals surface area contributed by atoms with Crippen LogP contribution >= 0.6 is 0 Å². The molecule has 2 aromatic rings. The highest BCUT2D eigenvalue weighted by Crippen LogP contribution is 2.14. The van der Waals surface area contributed by atoms with Crippen LogP contribution in [0.4, 0.5) is 0 Å². The first-order valence-corrected chi connectivity index (χ1v) is 7.26. The summed E-state index contributed by atoms with van der Waals surface area (Å²) in [6.45, 7) is 11.4. The van der Waals surface area contributed by atoms with Gasteiger partial charge in [-0.15, -0.1) is 0 Å². The van der Waals surface area contributed by atoms with Crippen LogP contribution in [0.5, 0.6) is 0 Å². The summed E-state index contributed by atoms with van der Waals surface area (Å²) in [5.41, 5.74) is 4.50. The first-order valence-electron chi connectivity index (χ1n) is 7.26. The molecule has 0 aliphatic rings. The lowest BCUT2D eigenvalue weighted by molar-refractivity contribution is 0.587. The molecule has 0 aromatic carbocycles. The van der Waals surface area contributed by atoms with Gasteiger partial charge in [-0.25, -0.2) is 9.67 Å². The zero-order valence-electron chi connectivity index (χ0n) is 13.1. The summed E-state index contributed by atoms with van der Waals surface area (Å²) in [6, 6.07) is 6.84. The molecule has 0 amide bonds. The Labute approximate surface area is 121 Å². The number of rotatable bonds is 5. The van der Waals surface area contributed by atoms with E-state index in [0.29, 0.717) is 6.04 Å². The van der Waals surface area contributed by atoms with Gasteiger partial charge in [-0.05, 0) is 44.0 Å². The van der Waals surface area contributed by atoms with E-state index in [-0.39, 0.29) is 0 Å². The molecule has 0 bridgehead atoms. The quantitative estimate of drug-likeness (QED) is 0.910. The summed E-state index contributed by atoms with van der Waals surface area (Å²) in [5.74, 6) is 0.913. The second-order valence-electron chi connectivity index (χ2n) is 5.55. The van der Waals surface area contributed by atoms with E-state index in [4.69, 9.17) is 4.98 Å². The smallest absolute Gasteiger partial charge is 0.154 e. The van der Waals surface area contributed by atoms with Crippen LogP contribution in [0.15, 0.2) is 18.2 Å². The predicted molar refractivity (Wildman–Crippen MR) is 82.2 cm³/mol. The van der Waals surface area contributed by atoms with E-state index in [1.807, 2.05) is 11.6 Å². The molecule has 20 heavy (non-hydrogen) atoms. The predicted octanol–water partition coefficient (Wildman–Crippen LogP) is 2.94. The third-order valence-corrected chi connectivity index (χ3v) is 3.23. The van der Waals surface area contributed by atoms with E-state index in [1.165, 1.54) is 5.56 Å². The third-order valence-electron chi connectivity index (χ3n) is 3.23. The first kappa shape index (κ1) is 14.7. The zero-order chi connectivity index (χ0) is 14.7. The van der Waals surface area contributed by atoms with Crippen LogP contribution < -0.4 is 5.32 Å². The molecule has 0 fully saturated rings. The molecule has 0 aliphatic carbocycles.